The lowest BCUT2D eigenvalue weighted by Crippen LogP contribution is -2.27. The average molecular weight is 254 g/mol. The molecule has 1 heterocycles. The van der Waals surface area contributed by atoms with E-state index in [1.807, 2.05) is 11.8 Å². The van der Waals surface area contributed by atoms with Crippen molar-refractivity contribution < 1.29 is 9.66 Å². The number of nitrogens with one attached hydrogen (secondary N) is 1. The van der Waals surface area contributed by atoms with Crippen LogP contribution in [0.4, 0.5) is 17.3 Å². The second-order valence-corrected chi connectivity index (χ2v) is 3.65. The molecular weight excluding hydrogens is 236 g/mol. The van der Waals surface area contributed by atoms with E-state index in [0.717, 1.165) is 0 Å². The number of rotatable bonds is 7. The first-order valence-electron chi connectivity index (χ1n) is 5.70. The minimum Gasteiger partial charge on any atom is -0.383 e. The normalized spacial score (nSPS) is 10.2. The van der Waals surface area contributed by atoms with E-state index in [4.69, 9.17) is 4.74 Å². The molecule has 0 spiro atoms. The topological polar surface area (TPSA) is 80.5 Å². The van der Waals surface area contributed by atoms with Crippen molar-refractivity contribution in [2.24, 2.45) is 0 Å². The SMILES string of the molecule is CCN(CCOC)c1cc([N+](=O)[O-])cc(NC)n1. The molecule has 0 saturated carbocycles. The number of anilines is 2. The quantitative estimate of drug-likeness (QED) is 0.586. The Labute approximate surface area is 106 Å². The molecule has 0 bridgehead atoms. The molecule has 1 aromatic rings. The third-order valence-electron chi connectivity index (χ3n) is 2.53. The second kappa shape index (κ2) is 6.75. The van der Waals surface area contributed by atoms with Crippen LogP contribution < -0.4 is 10.2 Å². The molecule has 0 aliphatic carbocycles. The van der Waals surface area contributed by atoms with Crippen LogP contribution in [0.2, 0.25) is 0 Å². The Bertz CT molecular complexity index is 411. The fourth-order valence-electron chi connectivity index (χ4n) is 1.53. The van der Waals surface area contributed by atoms with E-state index in [1.54, 1.807) is 14.2 Å². The summed E-state index contributed by atoms with van der Waals surface area (Å²) in [7, 11) is 3.30. The molecule has 7 heteroatoms. The molecule has 100 valence electrons. The third kappa shape index (κ3) is 3.56. The number of likely N-dealkylation sites (N-methyl/N-ethyl adjacent to an activating group) is 1. The molecule has 0 unspecified atom stereocenters. The second-order valence-electron chi connectivity index (χ2n) is 3.65. The number of nitrogens with zero attached hydrogens (tertiary/aromatic N) is 3. The van der Waals surface area contributed by atoms with Gasteiger partial charge in [0.1, 0.15) is 11.6 Å². The van der Waals surface area contributed by atoms with Gasteiger partial charge >= 0.3 is 0 Å². The summed E-state index contributed by atoms with van der Waals surface area (Å²) < 4.78 is 5.01. The van der Waals surface area contributed by atoms with Crippen LogP contribution in [0.25, 0.3) is 0 Å². The highest BCUT2D eigenvalue weighted by molar-refractivity contribution is 5.55. The number of ether oxygens (including phenoxy) is 1. The first-order chi connectivity index (χ1) is 8.62. The van der Waals surface area contributed by atoms with Crippen LogP contribution in [0.15, 0.2) is 12.1 Å². The van der Waals surface area contributed by atoms with E-state index in [2.05, 4.69) is 10.3 Å². The maximum absolute atomic E-state index is 10.9. The van der Waals surface area contributed by atoms with Crippen LogP contribution in [-0.4, -0.2) is 43.8 Å². The van der Waals surface area contributed by atoms with Gasteiger partial charge in [-0.25, -0.2) is 4.98 Å². The first-order valence-corrected chi connectivity index (χ1v) is 5.70. The number of hydrogen-bond donors (Lipinski definition) is 1. The van der Waals surface area contributed by atoms with E-state index in [0.29, 0.717) is 31.3 Å². The van der Waals surface area contributed by atoms with Gasteiger partial charge in [0.15, 0.2) is 0 Å². The van der Waals surface area contributed by atoms with Gasteiger partial charge in [0.25, 0.3) is 5.69 Å². The molecule has 0 radical (unpaired) electrons. The molecule has 0 fully saturated rings. The molecule has 0 aliphatic heterocycles. The van der Waals surface area contributed by atoms with Gasteiger partial charge in [0.05, 0.1) is 23.7 Å². The number of nitro groups is 1. The van der Waals surface area contributed by atoms with Gasteiger partial charge in [-0.3, -0.25) is 10.1 Å². The highest BCUT2D eigenvalue weighted by Gasteiger charge is 2.14. The first kappa shape index (κ1) is 14.2. The minimum absolute atomic E-state index is 0.0280. The molecule has 1 N–H and O–H groups in total. The highest BCUT2D eigenvalue weighted by Crippen LogP contribution is 2.22. The van der Waals surface area contributed by atoms with E-state index in [9.17, 15) is 10.1 Å². The van der Waals surface area contributed by atoms with Gasteiger partial charge in [0, 0.05) is 27.2 Å². The van der Waals surface area contributed by atoms with Crippen molar-refractivity contribution in [2.45, 2.75) is 6.92 Å². The summed E-state index contributed by atoms with van der Waals surface area (Å²) in [6.07, 6.45) is 0. The number of methoxy groups -OCH3 is 1. The Morgan fingerprint density at radius 3 is 2.78 bits per heavy atom. The van der Waals surface area contributed by atoms with Gasteiger partial charge in [-0.15, -0.1) is 0 Å². The average Bonchev–Trinajstić information content (AvgIpc) is 2.39. The van der Waals surface area contributed by atoms with E-state index < -0.39 is 4.92 Å². The summed E-state index contributed by atoms with van der Waals surface area (Å²) >= 11 is 0. The molecule has 7 nitrogen and oxygen atoms in total. The summed E-state index contributed by atoms with van der Waals surface area (Å²) in [4.78, 5) is 16.7. The van der Waals surface area contributed by atoms with E-state index in [-0.39, 0.29) is 5.69 Å². The summed E-state index contributed by atoms with van der Waals surface area (Å²) in [6.45, 7) is 3.87. The van der Waals surface area contributed by atoms with Crippen LogP contribution in [0.1, 0.15) is 6.92 Å². The Kier molecular flexibility index (Phi) is 5.31. The lowest BCUT2D eigenvalue weighted by atomic mass is 10.3. The Morgan fingerprint density at radius 2 is 2.28 bits per heavy atom. The number of pyridine rings is 1. The zero-order valence-corrected chi connectivity index (χ0v) is 10.8. The Balaban J connectivity index is 3.04. The van der Waals surface area contributed by atoms with Gasteiger partial charge < -0.3 is 15.0 Å². The molecule has 1 aromatic heterocycles. The zero-order valence-electron chi connectivity index (χ0n) is 10.8. The zero-order chi connectivity index (χ0) is 13.5. The summed E-state index contributed by atoms with van der Waals surface area (Å²) in [5.41, 5.74) is 0.0280. The Morgan fingerprint density at radius 1 is 1.56 bits per heavy atom. The highest BCUT2D eigenvalue weighted by atomic mass is 16.6. The molecule has 18 heavy (non-hydrogen) atoms. The molecule has 0 atom stereocenters. The Hall–Kier alpha value is -1.89. The van der Waals surface area contributed by atoms with Crippen LogP contribution in [0, 0.1) is 10.1 Å². The van der Waals surface area contributed by atoms with Crippen molar-refractivity contribution >= 4 is 17.3 Å². The molecule has 0 aromatic carbocycles. The van der Waals surface area contributed by atoms with Crippen LogP contribution >= 0.6 is 0 Å². The van der Waals surface area contributed by atoms with Crippen molar-refractivity contribution in [3.05, 3.63) is 22.2 Å². The maximum Gasteiger partial charge on any atom is 0.276 e. The van der Waals surface area contributed by atoms with Crippen molar-refractivity contribution in [3.63, 3.8) is 0 Å². The van der Waals surface area contributed by atoms with Gasteiger partial charge in [-0.1, -0.05) is 0 Å². The number of aromatic nitrogens is 1. The summed E-state index contributed by atoms with van der Waals surface area (Å²) in [5, 5.41) is 13.7. The standard InChI is InChI=1S/C11H18N4O3/c1-4-14(5-6-18-3)11-8-9(15(16)17)7-10(12-2)13-11/h7-8H,4-6H2,1-3H3,(H,12,13). The fraction of sp³-hybridized carbons (Fsp3) is 0.545. The molecular formula is C11H18N4O3. The predicted octanol–water partition coefficient (Wildman–Crippen LogP) is 1.50. The largest absolute Gasteiger partial charge is 0.383 e. The van der Waals surface area contributed by atoms with E-state index in [1.165, 1.54) is 12.1 Å². The fourth-order valence-corrected chi connectivity index (χ4v) is 1.53. The molecule has 0 amide bonds. The summed E-state index contributed by atoms with van der Waals surface area (Å²) in [6, 6.07) is 2.88. The molecule has 0 saturated heterocycles. The molecule has 0 aliphatic rings. The van der Waals surface area contributed by atoms with Crippen LogP contribution in [0.3, 0.4) is 0 Å². The van der Waals surface area contributed by atoms with Crippen LogP contribution in [-0.2, 0) is 4.74 Å². The monoisotopic (exact) mass is 254 g/mol. The maximum atomic E-state index is 10.9. The van der Waals surface area contributed by atoms with Gasteiger partial charge in [-0.2, -0.15) is 0 Å². The lowest BCUT2D eigenvalue weighted by molar-refractivity contribution is -0.384. The summed E-state index contributed by atoms with van der Waals surface area (Å²) in [5.74, 6) is 1.06. The lowest BCUT2D eigenvalue weighted by Gasteiger charge is -2.21. The van der Waals surface area contributed by atoms with Crippen LogP contribution in [0.5, 0.6) is 0 Å². The predicted molar refractivity (Wildman–Crippen MR) is 70.2 cm³/mol. The number of hydrogen-bond acceptors (Lipinski definition) is 6. The van der Waals surface area contributed by atoms with E-state index >= 15 is 0 Å². The van der Waals surface area contributed by atoms with Crippen molar-refractivity contribution in [3.8, 4) is 0 Å². The minimum atomic E-state index is -0.420. The third-order valence-corrected chi connectivity index (χ3v) is 2.53. The van der Waals surface area contributed by atoms with Crippen molar-refractivity contribution in [1.82, 2.24) is 4.98 Å². The molecule has 1 rings (SSSR count). The van der Waals surface area contributed by atoms with Gasteiger partial charge in [-0.05, 0) is 6.92 Å². The van der Waals surface area contributed by atoms with Gasteiger partial charge in [0.2, 0.25) is 0 Å². The smallest absolute Gasteiger partial charge is 0.276 e. The van der Waals surface area contributed by atoms with Crippen molar-refractivity contribution in [1.29, 1.82) is 0 Å². The van der Waals surface area contributed by atoms with Crippen molar-refractivity contribution in [2.75, 3.05) is 44.1 Å².